The molecule has 1 fully saturated rings. The van der Waals surface area contributed by atoms with Crippen molar-refractivity contribution in [2.45, 2.75) is 6.10 Å². The summed E-state index contributed by atoms with van der Waals surface area (Å²) >= 11 is 0. The number of cyclic esters (lactones) is 3. The first-order valence-electron chi connectivity index (χ1n) is 3.95. The largest absolute Gasteiger partial charge is 0.517 e. The Hall–Kier alpha value is -1.98. The third kappa shape index (κ3) is 1.65. The first-order valence-corrected chi connectivity index (χ1v) is 3.95. The summed E-state index contributed by atoms with van der Waals surface area (Å²) in [6, 6.07) is 2.76. The predicted molar refractivity (Wildman–Crippen MR) is 41.7 cm³/mol. The van der Waals surface area contributed by atoms with Crippen molar-refractivity contribution in [3.05, 3.63) is 35.4 Å². The molecule has 1 aromatic carbocycles. The van der Waals surface area contributed by atoms with E-state index in [1.54, 1.807) is 0 Å². The Morgan fingerprint density at radius 1 is 1.13 bits per heavy atom. The minimum atomic E-state index is -1.31. The summed E-state index contributed by atoms with van der Waals surface area (Å²) in [5.74, 6) is -3.11. The molecule has 1 aliphatic rings. The first kappa shape index (κ1) is 9.57. The van der Waals surface area contributed by atoms with Gasteiger partial charge in [-0.1, -0.05) is 6.07 Å². The third-order valence-electron chi connectivity index (χ3n) is 1.86. The number of carbonyl (C=O) groups is 2. The maximum absolute atomic E-state index is 12.8. The Labute approximate surface area is 82.4 Å². The second-order valence-electron chi connectivity index (χ2n) is 2.84. The Kier molecular flexibility index (Phi) is 2.11. The van der Waals surface area contributed by atoms with Crippen LogP contribution in [0, 0.1) is 11.6 Å². The summed E-state index contributed by atoms with van der Waals surface area (Å²) in [5.41, 5.74) is 0.0322. The third-order valence-corrected chi connectivity index (χ3v) is 1.86. The average molecular weight is 214 g/mol. The maximum atomic E-state index is 12.8. The molecule has 0 aromatic heterocycles. The molecule has 1 heterocycles. The van der Waals surface area contributed by atoms with E-state index in [0.29, 0.717) is 0 Å². The summed E-state index contributed by atoms with van der Waals surface area (Å²) in [7, 11) is 0. The van der Waals surface area contributed by atoms with Gasteiger partial charge in [0.05, 0.1) is 0 Å². The number of rotatable bonds is 1. The van der Waals surface area contributed by atoms with E-state index in [4.69, 9.17) is 0 Å². The lowest BCUT2D eigenvalue weighted by molar-refractivity contribution is -0.136. The van der Waals surface area contributed by atoms with Crippen molar-refractivity contribution in [2.24, 2.45) is 0 Å². The molecule has 1 aliphatic heterocycles. The van der Waals surface area contributed by atoms with E-state index in [9.17, 15) is 18.4 Å². The van der Waals surface area contributed by atoms with Gasteiger partial charge in [-0.3, -0.25) is 0 Å². The molecule has 15 heavy (non-hydrogen) atoms. The number of ether oxygens (including phenoxy) is 2. The Bertz CT molecular complexity index is 444. The molecule has 0 amide bonds. The number of benzene rings is 1. The lowest BCUT2D eigenvalue weighted by Crippen LogP contribution is -2.07. The van der Waals surface area contributed by atoms with Crippen molar-refractivity contribution >= 4 is 12.1 Å². The minimum absolute atomic E-state index is 0.0322. The Balaban J connectivity index is 2.34. The van der Waals surface area contributed by atoms with Crippen molar-refractivity contribution < 1.29 is 27.8 Å². The number of hydrogen-bond acceptors (Lipinski definition) is 4. The fourth-order valence-electron chi connectivity index (χ4n) is 1.18. The van der Waals surface area contributed by atoms with Crippen molar-refractivity contribution in [3.63, 3.8) is 0 Å². The molecule has 0 bridgehead atoms. The normalized spacial score (nSPS) is 20.0. The van der Waals surface area contributed by atoms with Gasteiger partial charge in [0.15, 0.2) is 11.6 Å². The number of halogens is 2. The van der Waals surface area contributed by atoms with Crippen LogP contribution in [-0.2, 0) is 14.3 Å². The SMILES string of the molecule is O=C1OC(=O)C(c2ccc(F)c(F)c2)O1. The van der Waals surface area contributed by atoms with Crippen LogP contribution >= 0.6 is 0 Å². The number of hydrogen-bond donors (Lipinski definition) is 0. The van der Waals surface area contributed by atoms with E-state index in [1.165, 1.54) is 0 Å². The second-order valence-corrected chi connectivity index (χ2v) is 2.84. The monoisotopic (exact) mass is 214 g/mol. The zero-order chi connectivity index (χ0) is 11.0. The van der Waals surface area contributed by atoms with Gasteiger partial charge in [-0.2, -0.15) is 0 Å². The predicted octanol–water partition coefficient (Wildman–Crippen LogP) is 1.70. The second kappa shape index (κ2) is 3.30. The first-order chi connectivity index (χ1) is 7.08. The molecule has 0 aliphatic carbocycles. The molecule has 6 heteroatoms. The summed E-state index contributed by atoms with van der Waals surface area (Å²) in [4.78, 5) is 21.6. The van der Waals surface area contributed by atoms with Gasteiger partial charge < -0.3 is 9.47 Å². The topological polar surface area (TPSA) is 52.6 Å². The molecular weight excluding hydrogens is 210 g/mol. The van der Waals surface area contributed by atoms with E-state index in [2.05, 4.69) is 9.47 Å². The highest BCUT2D eigenvalue weighted by Crippen LogP contribution is 2.26. The smallest absolute Gasteiger partial charge is 0.414 e. The lowest BCUT2D eigenvalue weighted by atomic mass is 10.1. The molecule has 0 N–H and O–H groups in total. The lowest BCUT2D eigenvalue weighted by Gasteiger charge is -2.04. The van der Waals surface area contributed by atoms with Crippen LogP contribution in [0.4, 0.5) is 13.6 Å². The molecule has 1 aromatic rings. The molecular formula is C9H4F2O4. The van der Waals surface area contributed by atoms with Crippen molar-refractivity contribution in [1.82, 2.24) is 0 Å². The molecule has 1 atom stereocenters. The maximum Gasteiger partial charge on any atom is 0.517 e. The van der Waals surface area contributed by atoms with Crippen LogP contribution in [0.1, 0.15) is 11.7 Å². The minimum Gasteiger partial charge on any atom is -0.414 e. The van der Waals surface area contributed by atoms with E-state index in [-0.39, 0.29) is 5.56 Å². The van der Waals surface area contributed by atoms with Gasteiger partial charge >= 0.3 is 12.1 Å². The van der Waals surface area contributed by atoms with Gasteiger partial charge in [0.1, 0.15) is 0 Å². The average Bonchev–Trinajstić information content (AvgIpc) is 2.50. The molecule has 0 saturated carbocycles. The van der Waals surface area contributed by atoms with Crippen LogP contribution in [0.2, 0.25) is 0 Å². The highest BCUT2D eigenvalue weighted by molar-refractivity contribution is 5.91. The van der Waals surface area contributed by atoms with Gasteiger partial charge in [0, 0.05) is 5.56 Å². The summed E-state index contributed by atoms with van der Waals surface area (Å²) < 4.78 is 33.9. The summed E-state index contributed by atoms with van der Waals surface area (Å²) in [6.45, 7) is 0. The van der Waals surface area contributed by atoms with E-state index in [0.717, 1.165) is 18.2 Å². The van der Waals surface area contributed by atoms with Gasteiger partial charge in [-0.25, -0.2) is 18.4 Å². The molecule has 78 valence electrons. The Morgan fingerprint density at radius 2 is 1.87 bits per heavy atom. The van der Waals surface area contributed by atoms with Crippen LogP contribution < -0.4 is 0 Å². The van der Waals surface area contributed by atoms with Crippen LogP contribution in [0.3, 0.4) is 0 Å². The highest BCUT2D eigenvalue weighted by Gasteiger charge is 2.36. The molecule has 4 nitrogen and oxygen atoms in total. The number of esters is 1. The van der Waals surface area contributed by atoms with Gasteiger partial charge in [0.2, 0.25) is 6.10 Å². The number of carbonyl (C=O) groups excluding carboxylic acids is 2. The quantitative estimate of drug-likeness (QED) is 0.527. The van der Waals surface area contributed by atoms with Gasteiger partial charge in [-0.15, -0.1) is 0 Å². The van der Waals surface area contributed by atoms with Crippen LogP contribution in [-0.4, -0.2) is 12.1 Å². The highest BCUT2D eigenvalue weighted by atomic mass is 19.2. The van der Waals surface area contributed by atoms with E-state index in [1.807, 2.05) is 0 Å². The van der Waals surface area contributed by atoms with Gasteiger partial charge in [0.25, 0.3) is 0 Å². The fraction of sp³-hybridized carbons (Fsp3) is 0.111. The van der Waals surface area contributed by atoms with Gasteiger partial charge in [-0.05, 0) is 12.1 Å². The van der Waals surface area contributed by atoms with Crippen LogP contribution in [0.25, 0.3) is 0 Å². The Morgan fingerprint density at radius 3 is 2.40 bits per heavy atom. The van der Waals surface area contributed by atoms with Crippen molar-refractivity contribution in [3.8, 4) is 0 Å². The molecule has 0 radical (unpaired) electrons. The van der Waals surface area contributed by atoms with Crippen molar-refractivity contribution in [1.29, 1.82) is 0 Å². The van der Waals surface area contributed by atoms with Crippen LogP contribution in [0.5, 0.6) is 0 Å². The molecule has 1 saturated heterocycles. The van der Waals surface area contributed by atoms with E-state index >= 15 is 0 Å². The standard InChI is InChI=1S/C9H4F2O4/c10-5-2-1-4(3-6(5)11)7-8(12)15-9(13)14-7/h1-3,7H. The zero-order valence-corrected chi connectivity index (χ0v) is 7.20. The summed E-state index contributed by atoms with van der Waals surface area (Å²) in [6.07, 6.45) is -2.46. The zero-order valence-electron chi connectivity index (χ0n) is 7.20. The van der Waals surface area contributed by atoms with Crippen molar-refractivity contribution in [2.75, 3.05) is 0 Å². The molecule has 2 rings (SSSR count). The molecule has 1 unspecified atom stereocenters. The van der Waals surface area contributed by atoms with Crippen LogP contribution in [0.15, 0.2) is 18.2 Å². The molecule has 0 spiro atoms. The summed E-state index contributed by atoms with van der Waals surface area (Å²) in [5, 5.41) is 0. The fourth-order valence-corrected chi connectivity index (χ4v) is 1.18. The van der Waals surface area contributed by atoms with E-state index < -0.39 is 29.9 Å².